The Hall–Kier alpha value is -2.46. The summed E-state index contributed by atoms with van der Waals surface area (Å²) in [6.07, 6.45) is -1.85. The van der Waals surface area contributed by atoms with Gasteiger partial charge in [0.15, 0.2) is 6.10 Å². The van der Waals surface area contributed by atoms with Crippen LogP contribution in [0.15, 0.2) is 12.1 Å². The lowest BCUT2D eigenvalue weighted by atomic mass is 10.0. The summed E-state index contributed by atoms with van der Waals surface area (Å²) in [6, 6.07) is 3.80. The lowest BCUT2D eigenvalue weighted by Crippen LogP contribution is -2.11. The second-order valence-electron chi connectivity index (χ2n) is 3.34. The largest absolute Gasteiger partial charge is 0.479 e. The zero-order valence-corrected chi connectivity index (χ0v) is 8.75. The maximum atomic E-state index is 10.7. The molecule has 0 aliphatic rings. The molecule has 7 nitrogen and oxygen atoms in total. The SMILES string of the molecule is Cc1cc(C(O)C(=O)O)cc([N+](=O)[O-])c1C#N. The van der Waals surface area contributed by atoms with Gasteiger partial charge in [0.25, 0.3) is 5.69 Å². The molecule has 2 N–H and O–H groups in total. The Morgan fingerprint density at radius 3 is 2.59 bits per heavy atom. The van der Waals surface area contributed by atoms with Gasteiger partial charge in [-0.25, -0.2) is 4.79 Å². The molecule has 17 heavy (non-hydrogen) atoms. The summed E-state index contributed by atoms with van der Waals surface area (Å²) in [5, 5.41) is 37.3. The fourth-order valence-electron chi connectivity index (χ4n) is 1.39. The Bertz CT molecular complexity index is 532. The Labute approximate surface area is 95.7 Å². The molecule has 1 aromatic rings. The van der Waals surface area contributed by atoms with Crippen LogP contribution in [0.1, 0.15) is 22.8 Å². The van der Waals surface area contributed by atoms with Gasteiger partial charge in [-0.3, -0.25) is 10.1 Å². The summed E-state index contributed by atoms with van der Waals surface area (Å²) >= 11 is 0. The van der Waals surface area contributed by atoms with Gasteiger partial charge < -0.3 is 10.2 Å². The smallest absolute Gasteiger partial charge is 0.337 e. The van der Waals surface area contributed by atoms with Gasteiger partial charge in [0, 0.05) is 6.07 Å². The Balaban J connectivity index is 3.45. The van der Waals surface area contributed by atoms with Crippen LogP contribution in [0.25, 0.3) is 0 Å². The van der Waals surface area contributed by atoms with E-state index in [1.807, 2.05) is 0 Å². The third kappa shape index (κ3) is 2.38. The van der Waals surface area contributed by atoms with E-state index in [9.17, 15) is 20.0 Å². The minimum absolute atomic E-state index is 0.124. The molecule has 88 valence electrons. The number of aliphatic carboxylic acids is 1. The average molecular weight is 236 g/mol. The second kappa shape index (κ2) is 4.59. The maximum Gasteiger partial charge on any atom is 0.337 e. The number of rotatable bonds is 3. The molecule has 0 spiro atoms. The van der Waals surface area contributed by atoms with Crippen LogP contribution in [-0.2, 0) is 4.79 Å². The first-order valence-electron chi connectivity index (χ1n) is 4.48. The number of aliphatic hydroxyl groups excluding tert-OH is 1. The molecule has 7 heteroatoms. The fourth-order valence-corrected chi connectivity index (χ4v) is 1.39. The van der Waals surface area contributed by atoms with Gasteiger partial charge in [-0.1, -0.05) is 6.07 Å². The van der Waals surface area contributed by atoms with Crippen molar-refractivity contribution in [3.63, 3.8) is 0 Å². The highest BCUT2D eigenvalue weighted by atomic mass is 16.6. The number of nitriles is 1. The lowest BCUT2D eigenvalue weighted by Gasteiger charge is -2.08. The molecule has 0 aliphatic heterocycles. The molecule has 0 aromatic heterocycles. The molecule has 0 radical (unpaired) electrons. The van der Waals surface area contributed by atoms with Crippen molar-refractivity contribution in [3.8, 4) is 6.07 Å². The number of carbonyl (C=O) groups is 1. The molecule has 0 saturated carbocycles. The zero-order valence-electron chi connectivity index (χ0n) is 8.75. The predicted molar refractivity (Wildman–Crippen MR) is 55.1 cm³/mol. The summed E-state index contributed by atoms with van der Waals surface area (Å²) < 4.78 is 0. The molecule has 0 bridgehead atoms. The number of benzene rings is 1. The summed E-state index contributed by atoms with van der Waals surface area (Å²) in [4.78, 5) is 20.5. The Morgan fingerprint density at radius 1 is 1.59 bits per heavy atom. The molecule has 0 heterocycles. The normalized spacial score (nSPS) is 11.6. The maximum absolute atomic E-state index is 10.7. The predicted octanol–water partition coefficient (Wildman–Crippen LogP) is 0.893. The van der Waals surface area contributed by atoms with E-state index in [0.29, 0.717) is 0 Å². The highest BCUT2D eigenvalue weighted by molar-refractivity contribution is 5.75. The highest BCUT2D eigenvalue weighted by Gasteiger charge is 2.23. The summed E-state index contributed by atoms with van der Waals surface area (Å²) in [5.41, 5.74) is -0.531. The van der Waals surface area contributed by atoms with Crippen LogP contribution in [0.5, 0.6) is 0 Å². The minimum Gasteiger partial charge on any atom is -0.479 e. The van der Waals surface area contributed by atoms with Crippen molar-refractivity contribution in [1.29, 1.82) is 5.26 Å². The summed E-state index contributed by atoms with van der Waals surface area (Å²) in [7, 11) is 0. The lowest BCUT2D eigenvalue weighted by molar-refractivity contribution is -0.385. The molecule has 1 aromatic carbocycles. The van der Waals surface area contributed by atoms with E-state index >= 15 is 0 Å². The van der Waals surface area contributed by atoms with Crippen molar-refractivity contribution in [2.24, 2.45) is 0 Å². The van der Waals surface area contributed by atoms with Crippen LogP contribution in [0.4, 0.5) is 5.69 Å². The molecule has 0 aliphatic carbocycles. The molecule has 0 saturated heterocycles. The van der Waals surface area contributed by atoms with Gasteiger partial charge in [-0.2, -0.15) is 5.26 Å². The molecule has 0 fully saturated rings. The Kier molecular flexibility index (Phi) is 3.40. The zero-order chi connectivity index (χ0) is 13.2. The topological polar surface area (TPSA) is 124 Å². The van der Waals surface area contributed by atoms with Gasteiger partial charge in [0.05, 0.1) is 4.92 Å². The van der Waals surface area contributed by atoms with Gasteiger partial charge in [0.1, 0.15) is 11.6 Å². The van der Waals surface area contributed by atoms with Crippen LogP contribution in [-0.4, -0.2) is 21.1 Å². The number of nitro groups is 1. The molecule has 0 amide bonds. The van der Waals surface area contributed by atoms with Crippen LogP contribution in [0, 0.1) is 28.4 Å². The average Bonchev–Trinajstić information content (AvgIpc) is 2.26. The third-order valence-corrected chi connectivity index (χ3v) is 2.20. The van der Waals surface area contributed by atoms with E-state index in [2.05, 4.69) is 0 Å². The van der Waals surface area contributed by atoms with Gasteiger partial charge in [0.2, 0.25) is 0 Å². The number of aryl methyl sites for hydroxylation is 1. The number of hydrogen-bond donors (Lipinski definition) is 2. The van der Waals surface area contributed by atoms with E-state index in [1.165, 1.54) is 13.0 Å². The first-order valence-corrected chi connectivity index (χ1v) is 4.48. The number of carboxylic acid groups (broad SMARTS) is 1. The van der Waals surface area contributed by atoms with E-state index in [-0.39, 0.29) is 16.7 Å². The molecule has 1 atom stereocenters. The van der Waals surface area contributed by atoms with Crippen molar-refractivity contribution in [3.05, 3.63) is 38.9 Å². The first kappa shape index (κ1) is 12.6. The van der Waals surface area contributed by atoms with E-state index in [1.54, 1.807) is 6.07 Å². The fraction of sp³-hybridized carbons (Fsp3) is 0.200. The standard InChI is InChI=1S/C10H8N2O5/c1-5-2-6(9(13)10(14)15)3-8(12(16)17)7(5)4-11/h2-3,9,13H,1H3,(H,14,15). The summed E-state index contributed by atoms with van der Waals surface area (Å²) in [6.45, 7) is 1.43. The monoisotopic (exact) mass is 236 g/mol. The second-order valence-corrected chi connectivity index (χ2v) is 3.34. The highest BCUT2D eigenvalue weighted by Crippen LogP contribution is 2.26. The van der Waals surface area contributed by atoms with Crippen LogP contribution in [0.2, 0.25) is 0 Å². The van der Waals surface area contributed by atoms with E-state index in [4.69, 9.17) is 10.4 Å². The number of aliphatic hydroxyl groups is 1. The van der Waals surface area contributed by atoms with E-state index < -0.39 is 22.7 Å². The number of hydrogen-bond acceptors (Lipinski definition) is 5. The van der Waals surface area contributed by atoms with Crippen molar-refractivity contribution in [1.82, 2.24) is 0 Å². The molecular weight excluding hydrogens is 228 g/mol. The number of nitro benzene ring substituents is 1. The van der Waals surface area contributed by atoms with Gasteiger partial charge in [-0.15, -0.1) is 0 Å². The number of carboxylic acids is 1. The van der Waals surface area contributed by atoms with Gasteiger partial charge >= 0.3 is 5.97 Å². The van der Waals surface area contributed by atoms with Crippen LogP contribution >= 0.6 is 0 Å². The number of nitrogens with zero attached hydrogens (tertiary/aromatic N) is 2. The van der Waals surface area contributed by atoms with E-state index in [0.717, 1.165) is 6.07 Å². The first-order chi connectivity index (χ1) is 7.88. The third-order valence-electron chi connectivity index (χ3n) is 2.20. The van der Waals surface area contributed by atoms with Crippen molar-refractivity contribution >= 4 is 11.7 Å². The summed E-state index contributed by atoms with van der Waals surface area (Å²) in [5.74, 6) is -1.51. The molecule has 1 rings (SSSR count). The van der Waals surface area contributed by atoms with Crippen LogP contribution < -0.4 is 0 Å². The molecular formula is C10H8N2O5. The quantitative estimate of drug-likeness (QED) is 0.593. The van der Waals surface area contributed by atoms with Crippen molar-refractivity contribution in [2.45, 2.75) is 13.0 Å². The van der Waals surface area contributed by atoms with Crippen molar-refractivity contribution < 1.29 is 19.9 Å². The van der Waals surface area contributed by atoms with Gasteiger partial charge in [-0.05, 0) is 18.1 Å². The minimum atomic E-state index is -1.85. The molecule has 1 unspecified atom stereocenters. The van der Waals surface area contributed by atoms with Crippen molar-refractivity contribution in [2.75, 3.05) is 0 Å². The van der Waals surface area contributed by atoms with Crippen LogP contribution in [0.3, 0.4) is 0 Å². The Morgan fingerprint density at radius 2 is 2.18 bits per heavy atom.